The smallest absolute Gasteiger partial charge is 0.323 e. The first-order valence-corrected chi connectivity index (χ1v) is 7.62. The Morgan fingerprint density at radius 2 is 1.68 bits per heavy atom. The van der Waals surface area contributed by atoms with Crippen molar-refractivity contribution in [1.29, 1.82) is 0 Å². The number of hydrogen-bond acceptors (Lipinski definition) is 5. The zero-order valence-corrected chi connectivity index (χ0v) is 13.1. The van der Waals surface area contributed by atoms with E-state index in [9.17, 15) is 4.79 Å². The van der Waals surface area contributed by atoms with Crippen LogP contribution in [0.15, 0.2) is 61.1 Å². The van der Waals surface area contributed by atoms with Crippen molar-refractivity contribution in [3.8, 4) is 22.8 Å². The second-order valence-corrected chi connectivity index (χ2v) is 5.32. The minimum Gasteiger partial charge on any atom is -0.454 e. The van der Waals surface area contributed by atoms with Crippen LogP contribution in [0.25, 0.3) is 11.3 Å². The monoisotopic (exact) mass is 334 g/mol. The average molecular weight is 334 g/mol. The van der Waals surface area contributed by atoms with Crippen molar-refractivity contribution < 1.29 is 14.3 Å². The van der Waals surface area contributed by atoms with Crippen LogP contribution in [0.5, 0.6) is 11.5 Å². The zero-order valence-electron chi connectivity index (χ0n) is 13.1. The molecule has 0 saturated heterocycles. The van der Waals surface area contributed by atoms with E-state index in [0.717, 1.165) is 11.3 Å². The Kier molecular flexibility index (Phi) is 3.88. The number of ether oxygens (including phenoxy) is 2. The van der Waals surface area contributed by atoms with Gasteiger partial charge in [-0.3, -0.25) is 9.97 Å². The number of benzene rings is 1. The highest BCUT2D eigenvalue weighted by Gasteiger charge is 2.14. The van der Waals surface area contributed by atoms with E-state index in [1.165, 1.54) is 0 Å². The van der Waals surface area contributed by atoms with E-state index in [0.29, 0.717) is 22.9 Å². The summed E-state index contributed by atoms with van der Waals surface area (Å²) in [6.45, 7) is 0.195. The fraction of sp³-hybridized carbons (Fsp3) is 0.0556. The van der Waals surface area contributed by atoms with Gasteiger partial charge in [-0.1, -0.05) is 0 Å². The third-order valence-corrected chi connectivity index (χ3v) is 3.63. The number of carbonyl (C=O) groups excluding carboxylic acids is 1. The van der Waals surface area contributed by atoms with Crippen molar-refractivity contribution >= 4 is 17.4 Å². The fourth-order valence-electron chi connectivity index (χ4n) is 2.43. The van der Waals surface area contributed by atoms with E-state index >= 15 is 0 Å². The molecule has 0 fully saturated rings. The quantitative estimate of drug-likeness (QED) is 0.765. The molecule has 3 aromatic rings. The SMILES string of the molecule is O=C(Nc1ccc(-c2ccncc2)nc1)Nc1ccc2c(c1)OCO2. The number of urea groups is 1. The van der Waals surface area contributed by atoms with Crippen LogP contribution >= 0.6 is 0 Å². The molecular weight excluding hydrogens is 320 g/mol. The van der Waals surface area contributed by atoms with Gasteiger partial charge < -0.3 is 20.1 Å². The van der Waals surface area contributed by atoms with E-state index in [4.69, 9.17) is 9.47 Å². The molecule has 0 bridgehead atoms. The first-order chi connectivity index (χ1) is 12.3. The molecule has 3 heterocycles. The Hall–Kier alpha value is -3.61. The number of nitrogens with one attached hydrogen (secondary N) is 2. The lowest BCUT2D eigenvalue weighted by Gasteiger charge is -2.08. The average Bonchev–Trinajstić information content (AvgIpc) is 3.11. The summed E-state index contributed by atoms with van der Waals surface area (Å²) in [4.78, 5) is 20.4. The van der Waals surface area contributed by atoms with Gasteiger partial charge in [0.2, 0.25) is 6.79 Å². The number of fused-ring (bicyclic) bond motifs is 1. The van der Waals surface area contributed by atoms with Crippen LogP contribution in [0.1, 0.15) is 0 Å². The van der Waals surface area contributed by atoms with Crippen LogP contribution in [-0.4, -0.2) is 22.8 Å². The third-order valence-electron chi connectivity index (χ3n) is 3.63. The Bertz CT molecular complexity index is 898. The molecule has 0 atom stereocenters. The molecule has 0 radical (unpaired) electrons. The van der Waals surface area contributed by atoms with E-state index in [1.807, 2.05) is 18.2 Å². The highest BCUT2D eigenvalue weighted by molar-refractivity contribution is 5.99. The molecule has 2 N–H and O–H groups in total. The molecule has 1 aliphatic heterocycles. The van der Waals surface area contributed by atoms with Gasteiger partial charge in [0, 0.05) is 29.7 Å². The number of amides is 2. The molecule has 7 nitrogen and oxygen atoms in total. The minimum atomic E-state index is -0.364. The topological polar surface area (TPSA) is 85.4 Å². The number of rotatable bonds is 3. The molecule has 2 aromatic heterocycles. The molecule has 7 heteroatoms. The zero-order chi connectivity index (χ0) is 17.1. The van der Waals surface area contributed by atoms with Gasteiger partial charge in [-0.25, -0.2) is 4.79 Å². The number of hydrogen-bond donors (Lipinski definition) is 2. The number of carbonyl (C=O) groups is 1. The summed E-state index contributed by atoms with van der Waals surface area (Å²) < 4.78 is 10.5. The van der Waals surface area contributed by atoms with Crippen molar-refractivity contribution in [2.75, 3.05) is 17.4 Å². The first kappa shape index (κ1) is 14.9. The Morgan fingerprint density at radius 1 is 0.920 bits per heavy atom. The highest BCUT2D eigenvalue weighted by Crippen LogP contribution is 2.34. The van der Waals surface area contributed by atoms with Crippen LogP contribution in [0.3, 0.4) is 0 Å². The van der Waals surface area contributed by atoms with E-state index in [1.54, 1.807) is 42.9 Å². The normalized spacial score (nSPS) is 11.8. The molecule has 2 amide bonds. The lowest BCUT2D eigenvalue weighted by molar-refractivity contribution is 0.174. The number of anilines is 2. The maximum atomic E-state index is 12.1. The molecule has 0 spiro atoms. The van der Waals surface area contributed by atoms with Crippen LogP contribution in [0.4, 0.5) is 16.2 Å². The van der Waals surface area contributed by atoms with Crippen molar-refractivity contribution in [1.82, 2.24) is 9.97 Å². The van der Waals surface area contributed by atoms with Crippen molar-refractivity contribution in [2.45, 2.75) is 0 Å². The molecule has 0 aliphatic carbocycles. The molecular formula is C18H14N4O3. The summed E-state index contributed by atoms with van der Waals surface area (Å²) in [6, 6.07) is 12.2. The molecule has 0 unspecified atom stereocenters. The van der Waals surface area contributed by atoms with Gasteiger partial charge in [0.25, 0.3) is 0 Å². The Labute approximate surface area is 143 Å². The Morgan fingerprint density at radius 3 is 2.48 bits per heavy atom. The minimum absolute atomic E-state index is 0.195. The summed E-state index contributed by atoms with van der Waals surface area (Å²) >= 11 is 0. The number of pyridine rings is 2. The molecule has 124 valence electrons. The van der Waals surface area contributed by atoms with Gasteiger partial charge >= 0.3 is 6.03 Å². The van der Waals surface area contributed by atoms with Crippen LogP contribution in [0, 0.1) is 0 Å². The maximum Gasteiger partial charge on any atom is 0.323 e. The van der Waals surface area contributed by atoms with Gasteiger partial charge in [-0.05, 0) is 36.4 Å². The standard InChI is InChI=1S/C18H14N4O3/c23-18(21-13-2-4-16-17(9-13)25-11-24-16)22-14-1-3-15(20-10-14)12-5-7-19-8-6-12/h1-10H,11H2,(H2,21,22,23). The maximum absolute atomic E-state index is 12.1. The second kappa shape index (κ2) is 6.48. The van der Waals surface area contributed by atoms with Gasteiger partial charge in [0.05, 0.1) is 17.6 Å². The molecule has 0 saturated carbocycles. The number of aromatic nitrogens is 2. The predicted molar refractivity (Wildman–Crippen MR) is 92.7 cm³/mol. The molecule has 4 rings (SSSR count). The summed E-state index contributed by atoms with van der Waals surface area (Å²) in [7, 11) is 0. The lowest BCUT2D eigenvalue weighted by Crippen LogP contribution is -2.19. The summed E-state index contributed by atoms with van der Waals surface area (Å²) in [6.07, 6.45) is 5.03. The number of nitrogens with zero attached hydrogens (tertiary/aromatic N) is 2. The summed E-state index contributed by atoms with van der Waals surface area (Å²) in [5, 5.41) is 5.48. The first-order valence-electron chi connectivity index (χ1n) is 7.62. The predicted octanol–water partition coefficient (Wildman–Crippen LogP) is 3.52. The molecule has 25 heavy (non-hydrogen) atoms. The van der Waals surface area contributed by atoms with Crippen LogP contribution < -0.4 is 20.1 Å². The Balaban J connectivity index is 1.41. The highest BCUT2D eigenvalue weighted by atomic mass is 16.7. The van der Waals surface area contributed by atoms with Crippen LogP contribution in [-0.2, 0) is 0 Å². The van der Waals surface area contributed by atoms with Crippen LogP contribution in [0.2, 0.25) is 0 Å². The van der Waals surface area contributed by atoms with Crippen molar-refractivity contribution in [3.63, 3.8) is 0 Å². The molecule has 1 aliphatic rings. The largest absolute Gasteiger partial charge is 0.454 e. The lowest BCUT2D eigenvalue weighted by atomic mass is 10.2. The van der Waals surface area contributed by atoms with E-state index in [-0.39, 0.29) is 12.8 Å². The van der Waals surface area contributed by atoms with Gasteiger partial charge in [0.1, 0.15) is 0 Å². The van der Waals surface area contributed by atoms with Crippen molar-refractivity contribution in [3.05, 3.63) is 61.1 Å². The van der Waals surface area contributed by atoms with Crippen molar-refractivity contribution in [2.24, 2.45) is 0 Å². The molecule has 1 aromatic carbocycles. The second-order valence-electron chi connectivity index (χ2n) is 5.32. The summed E-state index contributed by atoms with van der Waals surface area (Å²) in [5.41, 5.74) is 2.98. The summed E-state index contributed by atoms with van der Waals surface area (Å²) in [5.74, 6) is 1.28. The van der Waals surface area contributed by atoms with Gasteiger partial charge in [-0.2, -0.15) is 0 Å². The van der Waals surface area contributed by atoms with E-state index in [2.05, 4.69) is 20.6 Å². The van der Waals surface area contributed by atoms with E-state index < -0.39 is 0 Å². The third kappa shape index (κ3) is 3.35. The van der Waals surface area contributed by atoms with Gasteiger partial charge in [-0.15, -0.1) is 0 Å². The fourth-order valence-corrected chi connectivity index (χ4v) is 2.43. The van der Waals surface area contributed by atoms with Gasteiger partial charge in [0.15, 0.2) is 11.5 Å².